The third-order valence-corrected chi connectivity index (χ3v) is 9.25. The van der Waals surface area contributed by atoms with Gasteiger partial charge in [0.1, 0.15) is 12.1 Å². The third-order valence-electron chi connectivity index (χ3n) is 9.25. The molecule has 0 aromatic carbocycles. The van der Waals surface area contributed by atoms with E-state index in [1.54, 1.807) is 4.90 Å². The van der Waals surface area contributed by atoms with Crippen LogP contribution in [0.2, 0.25) is 0 Å². The Morgan fingerprint density at radius 3 is 2.51 bits per heavy atom. The summed E-state index contributed by atoms with van der Waals surface area (Å²) in [5.41, 5.74) is 4.10. The molecule has 1 unspecified atom stereocenters. The van der Waals surface area contributed by atoms with Crippen molar-refractivity contribution in [3.05, 3.63) is 5.82 Å². The van der Waals surface area contributed by atoms with Gasteiger partial charge in [0, 0.05) is 32.2 Å². The summed E-state index contributed by atoms with van der Waals surface area (Å²) in [7, 11) is 1.86. The Morgan fingerprint density at radius 2 is 1.85 bits per heavy atom. The summed E-state index contributed by atoms with van der Waals surface area (Å²) in [5, 5.41) is 6.42. The molecule has 212 valence electrons. The minimum atomic E-state index is -0.668. The maximum Gasteiger partial charge on any atom is 0.427 e. The molecule has 2 aromatic rings. The first-order chi connectivity index (χ1) is 18.8. The summed E-state index contributed by atoms with van der Waals surface area (Å²) in [6.07, 6.45) is 7.24. The molecule has 3 atom stereocenters. The van der Waals surface area contributed by atoms with Crippen molar-refractivity contribution in [1.29, 1.82) is 0 Å². The number of hydroxylamine groups is 1. The summed E-state index contributed by atoms with van der Waals surface area (Å²) in [6.45, 7) is 8.41. The van der Waals surface area contributed by atoms with E-state index in [4.69, 9.17) is 19.8 Å². The number of nitrogens with one attached hydrogen (secondary N) is 3. The number of carbonyl (C=O) groups is 2. The number of amides is 2. The van der Waals surface area contributed by atoms with Gasteiger partial charge in [-0.2, -0.15) is 4.98 Å². The fraction of sp³-hybridized carbons (Fsp3) is 0.741. The van der Waals surface area contributed by atoms with Crippen molar-refractivity contribution >= 4 is 34.9 Å². The van der Waals surface area contributed by atoms with Crippen LogP contribution in [0, 0.1) is 17.8 Å². The van der Waals surface area contributed by atoms with E-state index in [0.717, 1.165) is 23.9 Å². The summed E-state index contributed by atoms with van der Waals surface area (Å²) in [4.78, 5) is 48.2. The third kappa shape index (κ3) is 5.10. The lowest BCUT2D eigenvalue weighted by atomic mass is 9.80. The summed E-state index contributed by atoms with van der Waals surface area (Å²) >= 11 is 0. The molecule has 3 N–H and O–H groups in total. The van der Waals surface area contributed by atoms with Crippen molar-refractivity contribution in [1.82, 2.24) is 35.2 Å². The van der Waals surface area contributed by atoms with Gasteiger partial charge in [0.15, 0.2) is 23.5 Å². The van der Waals surface area contributed by atoms with E-state index in [0.29, 0.717) is 35.7 Å². The van der Waals surface area contributed by atoms with Gasteiger partial charge in [0.25, 0.3) is 0 Å². The molecule has 4 heterocycles. The lowest BCUT2D eigenvalue weighted by Gasteiger charge is -2.39. The van der Waals surface area contributed by atoms with Crippen molar-refractivity contribution < 1.29 is 14.4 Å². The Labute approximate surface area is 229 Å². The molecule has 12 heteroatoms. The number of fused-ring (bicyclic) bond motifs is 1. The van der Waals surface area contributed by atoms with E-state index in [9.17, 15) is 9.59 Å². The number of hydrogen-bond donors (Lipinski definition) is 3. The van der Waals surface area contributed by atoms with Crippen molar-refractivity contribution in [2.45, 2.75) is 90.5 Å². The zero-order valence-electron chi connectivity index (χ0n) is 23.4. The molecule has 2 aliphatic carbocycles. The predicted molar refractivity (Wildman–Crippen MR) is 147 cm³/mol. The molecule has 0 bridgehead atoms. The SMILES string of the molecule is CC1CCC(Cn2c(N3CC(=O)N(C)C[C@H]3C)nc3nc(C4NOC(=O)N4)nc(N[C@H](C)C4CCC4)c32)CC1. The smallest absolute Gasteiger partial charge is 0.365 e. The largest absolute Gasteiger partial charge is 0.427 e. The molecule has 2 aliphatic heterocycles. The molecule has 2 saturated carbocycles. The maximum atomic E-state index is 12.8. The molecule has 39 heavy (non-hydrogen) atoms. The van der Waals surface area contributed by atoms with E-state index < -0.39 is 12.3 Å². The fourth-order valence-electron chi connectivity index (χ4n) is 6.40. The second kappa shape index (κ2) is 10.4. The molecule has 6 rings (SSSR count). The molecule has 0 spiro atoms. The molecule has 2 amide bonds. The average Bonchev–Trinajstić information content (AvgIpc) is 3.45. The van der Waals surface area contributed by atoms with Crippen LogP contribution < -0.4 is 21.0 Å². The monoisotopic (exact) mass is 539 g/mol. The Kier molecular flexibility index (Phi) is 6.98. The highest BCUT2D eigenvalue weighted by Gasteiger charge is 2.35. The molecule has 4 aliphatic rings. The number of anilines is 2. The van der Waals surface area contributed by atoms with E-state index in [1.165, 1.54) is 44.9 Å². The second-order valence-electron chi connectivity index (χ2n) is 12.2. The summed E-state index contributed by atoms with van der Waals surface area (Å²) in [6, 6.07) is 0.343. The van der Waals surface area contributed by atoms with Gasteiger partial charge < -0.3 is 24.5 Å². The van der Waals surface area contributed by atoms with E-state index in [-0.39, 0.29) is 24.5 Å². The lowest BCUT2D eigenvalue weighted by molar-refractivity contribution is -0.130. The molecule has 4 fully saturated rings. The summed E-state index contributed by atoms with van der Waals surface area (Å²) < 4.78 is 2.27. The van der Waals surface area contributed by atoms with Gasteiger partial charge in [0.05, 0.1) is 0 Å². The van der Waals surface area contributed by atoms with Gasteiger partial charge in [-0.05, 0) is 57.3 Å². The van der Waals surface area contributed by atoms with Gasteiger partial charge >= 0.3 is 6.09 Å². The molecule has 2 aromatic heterocycles. The topological polar surface area (TPSA) is 130 Å². The minimum Gasteiger partial charge on any atom is -0.365 e. The number of aromatic nitrogens is 4. The van der Waals surface area contributed by atoms with Crippen LogP contribution in [0.3, 0.4) is 0 Å². The highest BCUT2D eigenvalue weighted by molar-refractivity contribution is 5.88. The van der Waals surface area contributed by atoms with Crippen LogP contribution in [0.4, 0.5) is 16.6 Å². The van der Waals surface area contributed by atoms with Crippen LogP contribution in [0.5, 0.6) is 0 Å². The average molecular weight is 540 g/mol. The van der Waals surface area contributed by atoms with E-state index >= 15 is 0 Å². The van der Waals surface area contributed by atoms with Gasteiger partial charge in [-0.3, -0.25) is 10.1 Å². The lowest BCUT2D eigenvalue weighted by Crippen LogP contribution is -2.54. The number of carbonyl (C=O) groups excluding carboxylic acids is 2. The molecular formula is C27H41N9O3. The molecular weight excluding hydrogens is 498 g/mol. The Hall–Kier alpha value is -3.15. The van der Waals surface area contributed by atoms with E-state index in [1.807, 2.05) is 7.05 Å². The highest BCUT2D eigenvalue weighted by atomic mass is 16.7. The minimum absolute atomic E-state index is 0.0805. The van der Waals surface area contributed by atoms with Gasteiger partial charge in [-0.15, -0.1) is 5.48 Å². The number of imidazole rings is 1. The van der Waals surface area contributed by atoms with Crippen LogP contribution in [-0.4, -0.2) is 68.6 Å². The van der Waals surface area contributed by atoms with Crippen molar-refractivity contribution in [3.63, 3.8) is 0 Å². The number of rotatable bonds is 7. The number of likely N-dealkylation sites (N-methyl/N-ethyl adjacent to an activating group) is 1. The van der Waals surface area contributed by atoms with Crippen LogP contribution in [0.1, 0.15) is 77.7 Å². The van der Waals surface area contributed by atoms with Gasteiger partial charge in [-0.25, -0.2) is 14.8 Å². The molecule has 2 saturated heterocycles. The normalized spacial score (nSPS) is 28.8. The van der Waals surface area contributed by atoms with Crippen LogP contribution >= 0.6 is 0 Å². The van der Waals surface area contributed by atoms with Crippen molar-refractivity contribution in [3.8, 4) is 0 Å². The van der Waals surface area contributed by atoms with Crippen LogP contribution in [-0.2, 0) is 16.2 Å². The van der Waals surface area contributed by atoms with Gasteiger partial charge in [-0.1, -0.05) is 26.2 Å². The first-order valence-corrected chi connectivity index (χ1v) is 14.5. The number of piperazine rings is 1. The maximum absolute atomic E-state index is 12.8. The standard InChI is InChI=1S/C27H41N9O3/c1-15-8-10-18(11-9-15)13-36-21-22(28-17(3)19-6-5-7-19)29-24(25-32-27(38)39-33-25)30-23(21)31-26(36)35-14-20(37)34(4)12-16(35)2/h15-19,25,33H,5-14H2,1-4H3,(H,32,38)(H,28,29,30)/t15?,16-,17-,18?,25?/m1/s1. The Morgan fingerprint density at radius 1 is 1.08 bits per heavy atom. The van der Waals surface area contributed by atoms with E-state index in [2.05, 4.69) is 46.4 Å². The Bertz CT molecular complexity index is 1240. The highest BCUT2D eigenvalue weighted by Crippen LogP contribution is 2.37. The quantitative estimate of drug-likeness (QED) is 0.486. The first-order valence-electron chi connectivity index (χ1n) is 14.5. The Balaban J connectivity index is 1.46. The van der Waals surface area contributed by atoms with Gasteiger partial charge in [0.2, 0.25) is 11.9 Å². The van der Waals surface area contributed by atoms with Crippen LogP contribution in [0.25, 0.3) is 11.2 Å². The van der Waals surface area contributed by atoms with Crippen molar-refractivity contribution in [2.75, 3.05) is 30.4 Å². The molecule has 0 radical (unpaired) electrons. The first kappa shape index (κ1) is 26.1. The fourth-order valence-corrected chi connectivity index (χ4v) is 6.40. The zero-order chi connectivity index (χ0) is 27.3. The number of hydrogen-bond acceptors (Lipinski definition) is 9. The molecule has 12 nitrogen and oxygen atoms in total. The summed E-state index contributed by atoms with van der Waals surface area (Å²) in [5.74, 6) is 3.84. The predicted octanol–water partition coefficient (Wildman–Crippen LogP) is 3.16. The van der Waals surface area contributed by atoms with Crippen LogP contribution in [0.15, 0.2) is 0 Å². The second-order valence-corrected chi connectivity index (χ2v) is 12.2. The zero-order valence-corrected chi connectivity index (χ0v) is 23.4. The van der Waals surface area contributed by atoms with Crippen molar-refractivity contribution in [2.24, 2.45) is 17.8 Å². The number of nitrogens with zero attached hydrogens (tertiary/aromatic N) is 6.